The second kappa shape index (κ2) is 11.0. The third-order valence-corrected chi connectivity index (χ3v) is 21.3. The molecule has 1 spiro atoms. The monoisotopic (exact) mass is 711 g/mol. The second-order valence-electron chi connectivity index (χ2n) is 14.0. The van der Waals surface area contributed by atoms with E-state index in [1.165, 1.54) is 75.4 Å². The van der Waals surface area contributed by atoms with Crippen LogP contribution in [0.15, 0.2) is 180 Å². The molecule has 5 heteroatoms. The number of benzene rings is 7. The second-order valence-corrected chi connectivity index (χ2v) is 23.8. The largest absolute Gasteiger partial charge is 0.310 e. The quantitative estimate of drug-likeness (QED) is 0.130. The van der Waals surface area contributed by atoms with Gasteiger partial charge in [0.15, 0.2) is 0 Å². The fraction of sp³-hybridized carbons (Fsp3) is 0.0667. The van der Waals surface area contributed by atoms with Gasteiger partial charge < -0.3 is 4.90 Å². The van der Waals surface area contributed by atoms with E-state index in [2.05, 4.69) is 188 Å². The number of para-hydroxylation sites is 2. The van der Waals surface area contributed by atoms with Gasteiger partial charge in [-0.05, 0) is 84.9 Å². The van der Waals surface area contributed by atoms with Gasteiger partial charge in [0.1, 0.15) is 8.07 Å². The Morgan fingerprint density at radius 2 is 1.02 bits per heavy atom. The first-order chi connectivity index (χ1) is 24.4. The lowest BCUT2D eigenvalue weighted by atomic mass is 9.62. The average Bonchev–Trinajstić information content (AvgIpc) is 3.17. The van der Waals surface area contributed by atoms with Gasteiger partial charge in [0.2, 0.25) is 0 Å². The van der Waals surface area contributed by atoms with Gasteiger partial charge in [0, 0.05) is 21.5 Å². The average molecular weight is 712 g/mol. The number of rotatable bonds is 2. The summed E-state index contributed by atoms with van der Waals surface area (Å²) in [4.78, 5) is 5.16. The normalized spacial score (nSPS) is 18.6. The molecule has 3 aliphatic rings. The van der Waals surface area contributed by atoms with Gasteiger partial charge >= 0.3 is 0 Å². The standard InChI is InChI=1S/C45H34NPS2Si/c1-50(2)43-27-15-12-24-39(43)47(48,32-16-4-3-5-17-32)40-29-28-31(30-44(40)50)46-37-22-10-6-18-33(37)45(34-19-7-11-23-38(34)46)35-20-8-13-25-41(35)49-42-26-14-9-21-36(42)45/h3-30H,1-2H3. The molecular weight excluding hydrogens is 678 g/mol. The van der Waals surface area contributed by atoms with Crippen LogP contribution in [-0.2, 0) is 17.2 Å². The van der Waals surface area contributed by atoms with E-state index in [4.69, 9.17) is 11.8 Å². The molecular formula is C45H34NPS2Si. The Kier molecular flexibility index (Phi) is 6.70. The summed E-state index contributed by atoms with van der Waals surface area (Å²) in [6.45, 7) is 5.03. The highest BCUT2D eigenvalue weighted by Gasteiger charge is 2.50. The summed E-state index contributed by atoms with van der Waals surface area (Å²) in [6, 6.07) is 61.3. The zero-order chi connectivity index (χ0) is 33.7. The Morgan fingerprint density at radius 1 is 0.520 bits per heavy atom. The van der Waals surface area contributed by atoms with Crippen LogP contribution in [0.4, 0.5) is 17.1 Å². The Labute approximate surface area is 304 Å². The van der Waals surface area contributed by atoms with E-state index in [1.807, 2.05) is 11.8 Å². The van der Waals surface area contributed by atoms with Crippen LogP contribution in [0.25, 0.3) is 0 Å². The van der Waals surface area contributed by atoms with Crippen molar-refractivity contribution >= 4 is 81.0 Å². The number of hydrogen-bond acceptors (Lipinski definition) is 3. The Bertz CT molecular complexity index is 2460. The molecule has 50 heavy (non-hydrogen) atoms. The van der Waals surface area contributed by atoms with Crippen molar-refractivity contribution in [3.8, 4) is 0 Å². The van der Waals surface area contributed by atoms with Gasteiger partial charge in [-0.1, -0.05) is 170 Å². The van der Waals surface area contributed by atoms with Crippen molar-refractivity contribution in [2.45, 2.75) is 28.3 Å². The molecule has 0 saturated carbocycles. The van der Waals surface area contributed by atoms with E-state index >= 15 is 0 Å². The third kappa shape index (κ3) is 3.94. The molecule has 0 N–H and O–H groups in total. The molecule has 0 aliphatic carbocycles. The Hall–Kier alpha value is -4.44. The predicted molar refractivity (Wildman–Crippen MR) is 220 cm³/mol. The van der Waals surface area contributed by atoms with Crippen LogP contribution >= 0.6 is 17.8 Å². The Balaban J connectivity index is 1.26. The zero-order valence-corrected chi connectivity index (χ0v) is 31.4. The zero-order valence-electron chi connectivity index (χ0n) is 27.9. The van der Waals surface area contributed by atoms with Crippen LogP contribution in [-0.4, -0.2) is 8.07 Å². The summed E-state index contributed by atoms with van der Waals surface area (Å²) in [6.07, 6.45) is 0. The van der Waals surface area contributed by atoms with Crippen molar-refractivity contribution in [1.82, 2.24) is 0 Å². The van der Waals surface area contributed by atoms with Crippen LogP contribution in [0, 0.1) is 0 Å². The van der Waals surface area contributed by atoms with Crippen molar-refractivity contribution in [2.75, 3.05) is 4.90 Å². The lowest BCUT2D eigenvalue weighted by molar-refractivity contribution is 0.692. The summed E-state index contributed by atoms with van der Waals surface area (Å²) >= 11 is 8.82. The lowest BCUT2D eigenvalue weighted by Crippen LogP contribution is -2.67. The molecule has 3 aliphatic heterocycles. The van der Waals surface area contributed by atoms with Gasteiger partial charge in [-0.15, -0.1) is 0 Å². The predicted octanol–water partition coefficient (Wildman–Crippen LogP) is 9.21. The minimum Gasteiger partial charge on any atom is -0.310 e. The topological polar surface area (TPSA) is 3.24 Å². The molecule has 240 valence electrons. The van der Waals surface area contributed by atoms with Crippen LogP contribution in [0.3, 0.4) is 0 Å². The minimum absolute atomic E-state index is 0.447. The molecule has 10 rings (SSSR count). The van der Waals surface area contributed by atoms with Crippen molar-refractivity contribution in [1.29, 1.82) is 0 Å². The number of hydrogen-bond donors (Lipinski definition) is 0. The van der Waals surface area contributed by atoms with Gasteiger partial charge in [-0.3, -0.25) is 0 Å². The maximum Gasteiger partial charge on any atom is 0.114 e. The number of fused-ring (bicyclic) bond motifs is 10. The molecule has 0 saturated heterocycles. The van der Waals surface area contributed by atoms with E-state index < -0.39 is 19.5 Å². The van der Waals surface area contributed by atoms with Crippen molar-refractivity contribution in [3.63, 3.8) is 0 Å². The Morgan fingerprint density at radius 3 is 1.66 bits per heavy atom. The first kappa shape index (κ1) is 30.4. The van der Waals surface area contributed by atoms with Crippen molar-refractivity contribution < 1.29 is 0 Å². The third-order valence-electron chi connectivity index (χ3n) is 11.2. The van der Waals surface area contributed by atoms with Gasteiger partial charge in [-0.25, -0.2) is 0 Å². The van der Waals surface area contributed by atoms with E-state index in [1.54, 1.807) is 0 Å². The summed E-state index contributed by atoms with van der Waals surface area (Å²) < 4.78 is 0. The van der Waals surface area contributed by atoms with Gasteiger partial charge in [0.05, 0.1) is 16.8 Å². The summed E-state index contributed by atoms with van der Waals surface area (Å²) in [5.41, 5.74) is 8.52. The van der Waals surface area contributed by atoms with E-state index in [9.17, 15) is 0 Å². The van der Waals surface area contributed by atoms with Crippen molar-refractivity contribution in [2.24, 2.45) is 0 Å². The van der Waals surface area contributed by atoms with Crippen molar-refractivity contribution in [3.05, 3.63) is 192 Å². The fourth-order valence-corrected chi connectivity index (χ4v) is 20.3. The first-order valence-corrected chi connectivity index (χ1v) is 23.8. The molecule has 0 aromatic heterocycles. The lowest BCUT2D eigenvalue weighted by Gasteiger charge is -2.49. The highest BCUT2D eigenvalue weighted by Crippen LogP contribution is 2.62. The molecule has 1 nitrogen and oxygen atoms in total. The summed E-state index contributed by atoms with van der Waals surface area (Å²) in [5.74, 6) is 0. The molecule has 0 fully saturated rings. The fourth-order valence-electron chi connectivity index (χ4n) is 9.01. The molecule has 7 aromatic rings. The highest BCUT2D eigenvalue weighted by atomic mass is 32.4. The maximum absolute atomic E-state index is 6.93. The van der Waals surface area contributed by atoms with Gasteiger partial charge in [0.25, 0.3) is 0 Å². The highest BCUT2D eigenvalue weighted by molar-refractivity contribution is 8.26. The minimum atomic E-state index is -2.27. The van der Waals surface area contributed by atoms with Crippen LogP contribution in [0.2, 0.25) is 13.1 Å². The van der Waals surface area contributed by atoms with E-state index in [-0.39, 0.29) is 0 Å². The van der Waals surface area contributed by atoms with E-state index in [0.717, 1.165) is 0 Å². The van der Waals surface area contributed by atoms with Crippen LogP contribution < -0.4 is 31.2 Å². The molecule has 7 aromatic carbocycles. The van der Waals surface area contributed by atoms with E-state index in [0.29, 0.717) is 0 Å². The van der Waals surface area contributed by atoms with Gasteiger partial charge in [-0.2, -0.15) is 0 Å². The molecule has 1 atom stereocenters. The molecule has 0 amide bonds. The molecule has 3 heterocycles. The molecule has 1 unspecified atom stereocenters. The number of nitrogens with zero attached hydrogens (tertiary/aromatic N) is 1. The first-order valence-electron chi connectivity index (χ1n) is 17.2. The number of anilines is 3. The van der Waals surface area contributed by atoms with Crippen LogP contribution in [0.1, 0.15) is 22.3 Å². The summed E-state index contributed by atoms with van der Waals surface area (Å²) in [5, 5.41) is 6.94. The van der Waals surface area contributed by atoms with Crippen LogP contribution in [0.5, 0.6) is 0 Å². The molecule has 0 bridgehead atoms. The smallest absolute Gasteiger partial charge is 0.114 e. The molecule has 0 radical (unpaired) electrons. The summed E-state index contributed by atoms with van der Waals surface area (Å²) in [7, 11) is -2.13. The SMILES string of the molecule is C[Si]1(C)c2ccccc2P(=S)(c2ccccc2)c2ccc(N3c4ccccc4C4(c5ccccc5Sc5ccccc54)c4ccccc43)cc21. The maximum atomic E-state index is 6.93.